The summed E-state index contributed by atoms with van der Waals surface area (Å²) in [6.45, 7) is 2.77. The van der Waals surface area contributed by atoms with Gasteiger partial charge in [0.2, 0.25) is 5.91 Å². The molecule has 4 N–H and O–H groups in total. The molecule has 1 amide bonds. The van der Waals surface area contributed by atoms with Gasteiger partial charge >= 0.3 is 0 Å². The molecule has 2 fully saturated rings. The van der Waals surface area contributed by atoms with Gasteiger partial charge in [0.05, 0.1) is 17.0 Å². The van der Waals surface area contributed by atoms with E-state index < -0.39 is 12.1 Å². The smallest absolute Gasteiger partial charge is 0.242 e. The Balaban J connectivity index is 1.90. The molecule has 2 rings (SSSR count). The lowest BCUT2D eigenvalue weighted by atomic mass is 10.0. The van der Waals surface area contributed by atoms with E-state index in [9.17, 15) is 9.90 Å². The van der Waals surface area contributed by atoms with Crippen LogP contribution < -0.4 is 11.1 Å². The molecule has 0 radical (unpaired) electrons. The minimum absolute atomic E-state index is 0.0634. The number of piperidine rings is 1. The number of aliphatic hydroxyl groups is 1. The maximum absolute atomic E-state index is 12.0. The molecule has 3 atom stereocenters. The number of nitriles is 1. The van der Waals surface area contributed by atoms with Crippen LogP contribution in [-0.2, 0) is 4.79 Å². The van der Waals surface area contributed by atoms with Crippen LogP contribution in [0.25, 0.3) is 0 Å². The first-order valence-electron chi connectivity index (χ1n) is 6.51. The predicted octanol–water partition coefficient (Wildman–Crippen LogP) is -0.758. The van der Waals surface area contributed by atoms with E-state index in [4.69, 9.17) is 11.0 Å². The van der Waals surface area contributed by atoms with Gasteiger partial charge in [0, 0.05) is 18.8 Å². The Morgan fingerprint density at radius 1 is 1.63 bits per heavy atom. The molecule has 0 saturated carbocycles. The van der Waals surface area contributed by atoms with Crippen molar-refractivity contribution in [1.82, 2.24) is 10.2 Å². The Morgan fingerprint density at radius 3 is 2.74 bits per heavy atom. The van der Waals surface area contributed by atoms with E-state index in [0.29, 0.717) is 13.1 Å². The first-order chi connectivity index (χ1) is 8.97. The lowest BCUT2D eigenvalue weighted by Crippen LogP contribution is -2.56. The normalized spacial score (nSPS) is 28.9. The van der Waals surface area contributed by atoms with Crippen LogP contribution >= 0.6 is 11.8 Å². The van der Waals surface area contributed by atoms with E-state index in [1.807, 2.05) is 0 Å². The molecule has 106 valence electrons. The Hall–Kier alpha value is -0.810. The Labute approximate surface area is 117 Å². The molecule has 7 heteroatoms. The van der Waals surface area contributed by atoms with E-state index in [1.54, 1.807) is 16.7 Å². The zero-order valence-electron chi connectivity index (χ0n) is 11.0. The van der Waals surface area contributed by atoms with Gasteiger partial charge in [-0.15, -0.1) is 11.8 Å². The molecule has 0 aliphatic carbocycles. The van der Waals surface area contributed by atoms with E-state index >= 15 is 0 Å². The maximum atomic E-state index is 12.0. The van der Waals surface area contributed by atoms with Gasteiger partial charge < -0.3 is 15.7 Å². The van der Waals surface area contributed by atoms with Crippen LogP contribution in [0, 0.1) is 11.3 Å². The summed E-state index contributed by atoms with van der Waals surface area (Å²) in [4.78, 5) is 13.7. The number of hydrogen-bond donors (Lipinski definition) is 3. The highest BCUT2D eigenvalue weighted by Crippen LogP contribution is 2.39. The Bertz CT molecular complexity index is 388. The molecule has 19 heavy (non-hydrogen) atoms. The number of aliphatic hydroxyl groups excluding tert-OH is 1. The van der Waals surface area contributed by atoms with Crippen molar-refractivity contribution < 1.29 is 9.90 Å². The first-order valence-corrected chi connectivity index (χ1v) is 7.50. The second-order valence-electron chi connectivity index (χ2n) is 5.22. The second kappa shape index (κ2) is 5.67. The van der Waals surface area contributed by atoms with Crippen molar-refractivity contribution in [3.63, 3.8) is 0 Å². The number of carbonyl (C=O) groups is 1. The Morgan fingerprint density at radius 2 is 2.26 bits per heavy atom. The third-order valence-electron chi connectivity index (χ3n) is 3.81. The molecule has 2 aliphatic heterocycles. The van der Waals surface area contributed by atoms with Crippen LogP contribution in [0.3, 0.4) is 0 Å². The summed E-state index contributed by atoms with van der Waals surface area (Å²) in [6, 6.07) is 1.30. The lowest BCUT2D eigenvalue weighted by Gasteiger charge is -2.40. The Kier molecular flexibility index (Phi) is 4.36. The molecule has 0 aromatic heterocycles. The quantitative estimate of drug-likeness (QED) is 0.616. The van der Waals surface area contributed by atoms with Crippen LogP contribution in [0.2, 0.25) is 0 Å². The van der Waals surface area contributed by atoms with Gasteiger partial charge in [-0.05, 0) is 19.8 Å². The standard InChI is InChI=1S/C12H20N4O2S/c1-8(17)10(14)11(18)16-4-2-12(3-5-16)15-9(6-13)7-19-12/h8-10,15,17H,2-5,7,14H2,1H3/t8-,9-,10+/m1/s1. The highest BCUT2D eigenvalue weighted by molar-refractivity contribution is 8.00. The number of rotatable bonds is 2. The van der Waals surface area contributed by atoms with Crippen LogP contribution in [0.15, 0.2) is 0 Å². The van der Waals surface area contributed by atoms with E-state index in [1.165, 1.54) is 6.92 Å². The number of likely N-dealkylation sites (tertiary alicyclic amines) is 1. The zero-order valence-corrected chi connectivity index (χ0v) is 11.8. The maximum Gasteiger partial charge on any atom is 0.242 e. The van der Waals surface area contributed by atoms with Crippen LogP contribution in [0.4, 0.5) is 0 Å². The van der Waals surface area contributed by atoms with Crippen LogP contribution in [-0.4, -0.2) is 57.8 Å². The van der Waals surface area contributed by atoms with Crippen molar-refractivity contribution in [3.8, 4) is 6.07 Å². The van der Waals surface area contributed by atoms with Crippen LogP contribution in [0.1, 0.15) is 19.8 Å². The molecule has 1 spiro atoms. The second-order valence-corrected chi connectivity index (χ2v) is 6.63. The highest BCUT2D eigenvalue weighted by atomic mass is 32.2. The molecule has 0 aromatic rings. The summed E-state index contributed by atoms with van der Waals surface area (Å²) in [7, 11) is 0. The van der Waals surface area contributed by atoms with E-state index in [-0.39, 0.29) is 16.8 Å². The number of nitrogens with zero attached hydrogens (tertiary/aromatic N) is 2. The van der Waals surface area contributed by atoms with Gasteiger partial charge in [-0.25, -0.2) is 0 Å². The summed E-state index contributed by atoms with van der Waals surface area (Å²) in [5.74, 6) is 0.613. The fourth-order valence-corrected chi connectivity index (χ4v) is 3.85. The minimum Gasteiger partial charge on any atom is -0.391 e. The van der Waals surface area contributed by atoms with Gasteiger partial charge in [-0.3, -0.25) is 10.1 Å². The molecule has 2 aliphatic rings. The van der Waals surface area contributed by atoms with Crippen LogP contribution in [0.5, 0.6) is 0 Å². The number of carbonyl (C=O) groups excluding carboxylic acids is 1. The highest BCUT2D eigenvalue weighted by Gasteiger charge is 2.43. The van der Waals surface area contributed by atoms with Crippen molar-refractivity contribution in [1.29, 1.82) is 5.26 Å². The van der Waals surface area contributed by atoms with Gasteiger partial charge in [-0.2, -0.15) is 5.26 Å². The monoisotopic (exact) mass is 284 g/mol. The van der Waals surface area contributed by atoms with Gasteiger partial charge in [-0.1, -0.05) is 0 Å². The van der Waals surface area contributed by atoms with Crippen molar-refractivity contribution in [2.75, 3.05) is 18.8 Å². The molecular formula is C12H20N4O2S. The van der Waals surface area contributed by atoms with Crippen molar-refractivity contribution in [2.45, 2.75) is 42.8 Å². The third-order valence-corrected chi connectivity index (χ3v) is 5.39. The number of nitrogens with two attached hydrogens (primary N) is 1. The predicted molar refractivity (Wildman–Crippen MR) is 73.2 cm³/mol. The first kappa shape index (κ1) is 14.6. The topological polar surface area (TPSA) is 102 Å². The third kappa shape index (κ3) is 3.03. The van der Waals surface area contributed by atoms with Crippen molar-refractivity contribution >= 4 is 17.7 Å². The number of nitrogens with one attached hydrogen (secondary N) is 1. The lowest BCUT2D eigenvalue weighted by molar-refractivity contribution is -0.136. The molecule has 2 saturated heterocycles. The summed E-state index contributed by atoms with van der Waals surface area (Å²) in [6.07, 6.45) is 0.799. The SMILES string of the molecule is C[C@@H](O)[C@H](N)C(=O)N1CCC2(CC1)N[C@H](C#N)CS2. The summed E-state index contributed by atoms with van der Waals surface area (Å²) >= 11 is 1.77. The summed E-state index contributed by atoms with van der Waals surface area (Å²) < 4.78 is 0. The summed E-state index contributed by atoms with van der Waals surface area (Å²) in [5, 5.41) is 21.6. The summed E-state index contributed by atoms with van der Waals surface area (Å²) in [5.41, 5.74) is 5.67. The number of thioether (sulfide) groups is 1. The molecule has 0 aromatic carbocycles. The van der Waals surface area contributed by atoms with Crippen molar-refractivity contribution in [3.05, 3.63) is 0 Å². The van der Waals surface area contributed by atoms with E-state index in [2.05, 4.69) is 11.4 Å². The fourth-order valence-electron chi connectivity index (χ4n) is 2.51. The minimum atomic E-state index is -0.843. The zero-order chi connectivity index (χ0) is 14.0. The molecular weight excluding hydrogens is 264 g/mol. The van der Waals surface area contributed by atoms with Gasteiger partial charge in [0.1, 0.15) is 12.1 Å². The van der Waals surface area contributed by atoms with Gasteiger partial charge in [0.25, 0.3) is 0 Å². The largest absolute Gasteiger partial charge is 0.391 e. The molecule has 2 heterocycles. The average Bonchev–Trinajstić information content (AvgIpc) is 2.81. The van der Waals surface area contributed by atoms with Gasteiger partial charge in [0.15, 0.2) is 0 Å². The average molecular weight is 284 g/mol. The molecule has 6 nitrogen and oxygen atoms in total. The molecule has 0 bridgehead atoms. The molecule has 0 unspecified atom stereocenters. The number of amides is 1. The fraction of sp³-hybridized carbons (Fsp3) is 0.833. The van der Waals surface area contributed by atoms with E-state index in [0.717, 1.165) is 18.6 Å². The number of hydrogen-bond acceptors (Lipinski definition) is 6. The van der Waals surface area contributed by atoms with Crippen molar-refractivity contribution in [2.24, 2.45) is 5.73 Å².